The average molecular weight is 315 g/mol. The van der Waals surface area contributed by atoms with E-state index in [1.807, 2.05) is 19.1 Å². The fourth-order valence-corrected chi connectivity index (χ4v) is 2.28. The van der Waals surface area contributed by atoms with Crippen LogP contribution in [0.15, 0.2) is 46.1 Å². The predicted molar refractivity (Wildman–Crippen MR) is 88.3 cm³/mol. The molecule has 6 nitrogen and oxygen atoms in total. The van der Waals surface area contributed by atoms with E-state index in [1.54, 1.807) is 0 Å². The first kappa shape index (κ1) is 16.7. The topological polar surface area (TPSA) is 84.0 Å². The highest BCUT2D eigenvalue weighted by molar-refractivity contribution is 5.76. The minimum atomic E-state index is -0.506. The van der Waals surface area contributed by atoms with Crippen LogP contribution in [-0.4, -0.2) is 15.5 Å². The summed E-state index contributed by atoms with van der Waals surface area (Å²) in [5.41, 5.74) is 1.34. The van der Waals surface area contributed by atoms with Crippen LogP contribution in [0, 0.1) is 0 Å². The SMILES string of the molecule is CCc1ccc(C(C)NC(=O)CCn2ccc(=O)[nH]c2=O)cc1. The number of nitrogens with zero attached hydrogens (tertiary/aromatic N) is 1. The summed E-state index contributed by atoms with van der Waals surface area (Å²) in [4.78, 5) is 36.7. The van der Waals surface area contributed by atoms with Crippen LogP contribution >= 0.6 is 0 Å². The summed E-state index contributed by atoms with van der Waals surface area (Å²) in [5.74, 6) is -0.143. The van der Waals surface area contributed by atoms with Crippen molar-refractivity contribution in [1.29, 1.82) is 0 Å². The third-order valence-electron chi connectivity index (χ3n) is 3.74. The number of aryl methyl sites for hydroxylation is 2. The predicted octanol–water partition coefficient (Wildman–Crippen LogP) is 1.37. The van der Waals surface area contributed by atoms with E-state index in [1.165, 1.54) is 22.4 Å². The monoisotopic (exact) mass is 315 g/mol. The van der Waals surface area contributed by atoms with Crippen molar-refractivity contribution < 1.29 is 4.79 Å². The Morgan fingerprint density at radius 1 is 1.22 bits per heavy atom. The van der Waals surface area contributed by atoms with Gasteiger partial charge in [0.25, 0.3) is 5.56 Å². The number of carbonyl (C=O) groups excluding carboxylic acids is 1. The molecule has 1 heterocycles. The van der Waals surface area contributed by atoms with Gasteiger partial charge < -0.3 is 9.88 Å². The molecule has 0 aliphatic carbocycles. The Morgan fingerprint density at radius 2 is 1.91 bits per heavy atom. The van der Waals surface area contributed by atoms with Gasteiger partial charge in [-0.15, -0.1) is 0 Å². The van der Waals surface area contributed by atoms with E-state index < -0.39 is 11.2 Å². The molecule has 23 heavy (non-hydrogen) atoms. The molecule has 2 rings (SSSR count). The minimum Gasteiger partial charge on any atom is -0.350 e. The molecule has 1 atom stereocenters. The zero-order valence-corrected chi connectivity index (χ0v) is 13.3. The molecule has 0 aliphatic heterocycles. The number of H-pyrrole nitrogens is 1. The number of benzene rings is 1. The highest BCUT2D eigenvalue weighted by Gasteiger charge is 2.10. The van der Waals surface area contributed by atoms with Crippen LogP contribution in [0.2, 0.25) is 0 Å². The maximum absolute atomic E-state index is 12.0. The van der Waals surface area contributed by atoms with Crippen molar-refractivity contribution in [2.24, 2.45) is 0 Å². The number of aromatic nitrogens is 2. The molecular weight excluding hydrogens is 294 g/mol. The van der Waals surface area contributed by atoms with Gasteiger partial charge in [-0.2, -0.15) is 0 Å². The molecule has 1 amide bonds. The Labute approximate surface area is 134 Å². The molecule has 1 aromatic carbocycles. The van der Waals surface area contributed by atoms with Gasteiger partial charge in [0.2, 0.25) is 5.91 Å². The quantitative estimate of drug-likeness (QED) is 0.844. The van der Waals surface area contributed by atoms with Crippen molar-refractivity contribution in [3.05, 3.63) is 68.5 Å². The van der Waals surface area contributed by atoms with Gasteiger partial charge in [0.1, 0.15) is 0 Å². The lowest BCUT2D eigenvalue weighted by Crippen LogP contribution is -2.32. The maximum atomic E-state index is 12.0. The molecule has 0 saturated carbocycles. The molecular formula is C17H21N3O3. The number of aromatic amines is 1. The summed E-state index contributed by atoms with van der Waals surface area (Å²) in [6, 6.07) is 9.29. The van der Waals surface area contributed by atoms with Gasteiger partial charge in [0, 0.05) is 25.2 Å². The van der Waals surface area contributed by atoms with Crippen LogP contribution in [0.5, 0.6) is 0 Å². The normalized spacial score (nSPS) is 11.9. The van der Waals surface area contributed by atoms with Crippen LogP contribution in [0.4, 0.5) is 0 Å². The largest absolute Gasteiger partial charge is 0.350 e. The van der Waals surface area contributed by atoms with Gasteiger partial charge in [-0.05, 0) is 24.5 Å². The van der Waals surface area contributed by atoms with Crippen LogP contribution in [-0.2, 0) is 17.8 Å². The Kier molecular flexibility index (Phi) is 5.51. The molecule has 2 N–H and O–H groups in total. The van der Waals surface area contributed by atoms with Gasteiger partial charge >= 0.3 is 5.69 Å². The van der Waals surface area contributed by atoms with Gasteiger partial charge in [-0.25, -0.2) is 4.79 Å². The lowest BCUT2D eigenvalue weighted by Gasteiger charge is -2.15. The van der Waals surface area contributed by atoms with E-state index in [-0.39, 0.29) is 24.9 Å². The minimum absolute atomic E-state index is 0.0966. The van der Waals surface area contributed by atoms with Crippen molar-refractivity contribution in [3.63, 3.8) is 0 Å². The Bertz CT molecular complexity index is 775. The fraction of sp³-hybridized carbons (Fsp3) is 0.353. The van der Waals surface area contributed by atoms with E-state index in [0.29, 0.717) is 0 Å². The standard InChI is InChI=1S/C17H21N3O3/c1-3-13-4-6-14(7-5-13)12(2)18-15(21)8-10-20-11-9-16(22)19-17(20)23/h4-7,9,11-12H,3,8,10H2,1-2H3,(H,18,21)(H,19,22,23). The molecule has 0 fully saturated rings. The third-order valence-corrected chi connectivity index (χ3v) is 3.74. The molecule has 0 bridgehead atoms. The van der Waals surface area contributed by atoms with Crippen molar-refractivity contribution in [2.75, 3.05) is 0 Å². The summed E-state index contributed by atoms with van der Waals surface area (Å²) < 4.78 is 1.31. The first-order valence-electron chi connectivity index (χ1n) is 7.67. The molecule has 0 aliphatic rings. The third kappa shape index (κ3) is 4.67. The van der Waals surface area contributed by atoms with E-state index in [9.17, 15) is 14.4 Å². The molecule has 0 radical (unpaired) electrons. The highest BCUT2D eigenvalue weighted by Crippen LogP contribution is 2.13. The number of hydrogen-bond acceptors (Lipinski definition) is 3. The molecule has 122 valence electrons. The van der Waals surface area contributed by atoms with Gasteiger partial charge in [-0.3, -0.25) is 14.6 Å². The summed E-state index contributed by atoms with van der Waals surface area (Å²) in [6.07, 6.45) is 2.54. The molecule has 2 aromatic rings. The summed E-state index contributed by atoms with van der Waals surface area (Å²) in [6.45, 7) is 4.24. The summed E-state index contributed by atoms with van der Waals surface area (Å²) >= 11 is 0. The average Bonchev–Trinajstić information content (AvgIpc) is 2.54. The zero-order valence-electron chi connectivity index (χ0n) is 13.3. The molecule has 0 spiro atoms. The van der Waals surface area contributed by atoms with Crippen molar-refractivity contribution in [1.82, 2.24) is 14.9 Å². The van der Waals surface area contributed by atoms with Gasteiger partial charge in [-0.1, -0.05) is 31.2 Å². The van der Waals surface area contributed by atoms with E-state index >= 15 is 0 Å². The Hall–Kier alpha value is -2.63. The first-order chi connectivity index (χ1) is 11.0. The second kappa shape index (κ2) is 7.58. The Balaban J connectivity index is 1.90. The lowest BCUT2D eigenvalue weighted by molar-refractivity contribution is -0.121. The fourth-order valence-electron chi connectivity index (χ4n) is 2.28. The van der Waals surface area contributed by atoms with Crippen LogP contribution < -0.4 is 16.6 Å². The number of amides is 1. The van der Waals surface area contributed by atoms with E-state index in [0.717, 1.165) is 12.0 Å². The molecule has 1 unspecified atom stereocenters. The zero-order chi connectivity index (χ0) is 16.8. The number of carbonyl (C=O) groups is 1. The summed E-state index contributed by atoms with van der Waals surface area (Å²) in [5, 5.41) is 2.91. The number of rotatable bonds is 6. The van der Waals surface area contributed by atoms with Crippen LogP contribution in [0.3, 0.4) is 0 Å². The second-order valence-electron chi connectivity index (χ2n) is 5.44. The van der Waals surface area contributed by atoms with Crippen LogP contribution in [0.1, 0.15) is 37.4 Å². The maximum Gasteiger partial charge on any atom is 0.328 e. The van der Waals surface area contributed by atoms with Crippen LogP contribution in [0.25, 0.3) is 0 Å². The first-order valence-corrected chi connectivity index (χ1v) is 7.67. The smallest absolute Gasteiger partial charge is 0.328 e. The van der Waals surface area contributed by atoms with E-state index in [4.69, 9.17) is 0 Å². The second-order valence-corrected chi connectivity index (χ2v) is 5.44. The number of hydrogen-bond donors (Lipinski definition) is 2. The molecule has 0 saturated heterocycles. The van der Waals surface area contributed by atoms with Crippen molar-refractivity contribution in [3.8, 4) is 0 Å². The highest BCUT2D eigenvalue weighted by atomic mass is 16.2. The lowest BCUT2D eigenvalue weighted by atomic mass is 10.0. The number of nitrogens with one attached hydrogen (secondary N) is 2. The van der Waals surface area contributed by atoms with Gasteiger partial charge in [0.15, 0.2) is 0 Å². The molecule has 1 aromatic heterocycles. The van der Waals surface area contributed by atoms with Gasteiger partial charge in [0.05, 0.1) is 6.04 Å². The molecule has 6 heteroatoms. The summed E-state index contributed by atoms with van der Waals surface area (Å²) in [7, 11) is 0. The van der Waals surface area contributed by atoms with Crippen molar-refractivity contribution in [2.45, 2.75) is 39.3 Å². The van der Waals surface area contributed by atoms with E-state index in [2.05, 4.69) is 29.4 Å². The van der Waals surface area contributed by atoms with Crippen molar-refractivity contribution >= 4 is 5.91 Å². The Morgan fingerprint density at radius 3 is 2.52 bits per heavy atom.